The van der Waals surface area contributed by atoms with Crippen LogP contribution in [0.3, 0.4) is 0 Å². The smallest absolute Gasteiger partial charge is 0.261 e. The number of nitrogens with one attached hydrogen (secondary N) is 1. The van der Waals surface area contributed by atoms with E-state index in [2.05, 4.69) is 5.32 Å². The number of sulfonamides is 1. The van der Waals surface area contributed by atoms with Crippen molar-refractivity contribution in [2.24, 2.45) is 0 Å². The zero-order valence-corrected chi connectivity index (χ0v) is 17.5. The molecule has 5 nitrogen and oxygen atoms in total. The molecule has 0 spiro atoms. The highest BCUT2D eigenvalue weighted by atomic mass is 32.2. The summed E-state index contributed by atoms with van der Waals surface area (Å²) < 4.78 is 26.1. The summed E-state index contributed by atoms with van der Waals surface area (Å²) in [6, 6.07) is 8.81. The Morgan fingerprint density at radius 1 is 1.11 bits per heavy atom. The SMILES string of the molecule is CN(C)S(=O)(=O)c1ccccc1CNC(=O)c1cc2c(s1)CCCCCC2. The second-order valence-electron chi connectivity index (χ2n) is 7.05. The van der Waals surface area contributed by atoms with Crippen molar-refractivity contribution in [3.05, 3.63) is 51.2 Å². The van der Waals surface area contributed by atoms with Gasteiger partial charge in [-0.1, -0.05) is 31.0 Å². The Kier molecular flexibility index (Phi) is 6.34. The molecule has 7 heteroatoms. The summed E-state index contributed by atoms with van der Waals surface area (Å²) in [7, 11) is -0.534. The van der Waals surface area contributed by atoms with Crippen molar-refractivity contribution in [2.75, 3.05) is 14.1 Å². The Bertz CT molecular complexity index is 892. The second-order valence-corrected chi connectivity index (χ2v) is 10.3. The number of rotatable bonds is 5. The maximum absolute atomic E-state index is 12.6. The van der Waals surface area contributed by atoms with E-state index >= 15 is 0 Å². The lowest BCUT2D eigenvalue weighted by Gasteiger charge is -2.15. The van der Waals surface area contributed by atoms with Gasteiger partial charge in [-0.3, -0.25) is 4.79 Å². The fourth-order valence-electron chi connectivity index (χ4n) is 3.32. The van der Waals surface area contributed by atoms with E-state index in [1.807, 2.05) is 6.07 Å². The number of nitrogens with zero attached hydrogens (tertiary/aromatic N) is 1. The molecular formula is C20H26N2O3S2. The van der Waals surface area contributed by atoms with Gasteiger partial charge in [-0.15, -0.1) is 11.3 Å². The molecule has 0 unspecified atom stereocenters. The molecule has 146 valence electrons. The predicted molar refractivity (Wildman–Crippen MR) is 109 cm³/mol. The lowest BCUT2D eigenvalue weighted by atomic mass is 10.00. The molecule has 1 aliphatic rings. The lowest BCUT2D eigenvalue weighted by molar-refractivity contribution is 0.0954. The molecule has 0 radical (unpaired) electrons. The van der Waals surface area contributed by atoms with Gasteiger partial charge in [0.05, 0.1) is 9.77 Å². The molecule has 1 N–H and O–H groups in total. The van der Waals surface area contributed by atoms with Crippen LogP contribution in [-0.2, 0) is 29.4 Å². The predicted octanol–water partition coefficient (Wildman–Crippen LogP) is 3.59. The van der Waals surface area contributed by atoms with Gasteiger partial charge in [0.25, 0.3) is 5.91 Å². The molecule has 1 aliphatic carbocycles. The van der Waals surface area contributed by atoms with E-state index in [1.165, 1.54) is 54.5 Å². The van der Waals surface area contributed by atoms with Gasteiger partial charge in [-0.05, 0) is 48.9 Å². The van der Waals surface area contributed by atoms with Crippen molar-refractivity contribution < 1.29 is 13.2 Å². The monoisotopic (exact) mass is 406 g/mol. The number of fused-ring (bicyclic) bond motifs is 1. The minimum Gasteiger partial charge on any atom is -0.347 e. The van der Waals surface area contributed by atoms with Crippen LogP contribution in [0.2, 0.25) is 0 Å². The van der Waals surface area contributed by atoms with Crippen molar-refractivity contribution in [3.63, 3.8) is 0 Å². The highest BCUT2D eigenvalue weighted by Crippen LogP contribution is 2.28. The van der Waals surface area contributed by atoms with Crippen molar-refractivity contribution in [1.29, 1.82) is 0 Å². The number of carbonyl (C=O) groups excluding carboxylic acids is 1. The number of amides is 1. The number of hydrogen-bond donors (Lipinski definition) is 1. The zero-order valence-electron chi connectivity index (χ0n) is 15.8. The molecule has 27 heavy (non-hydrogen) atoms. The molecule has 0 fully saturated rings. The molecule has 1 aromatic heterocycles. The standard InChI is InChI=1S/C20H26N2O3S2/c1-22(2)27(24,25)19-12-8-7-10-16(19)14-21-20(23)18-13-15-9-5-3-4-6-11-17(15)26-18/h7-8,10,12-13H,3-6,9,11,14H2,1-2H3,(H,21,23). The summed E-state index contributed by atoms with van der Waals surface area (Å²) in [5.41, 5.74) is 1.90. The highest BCUT2D eigenvalue weighted by Gasteiger charge is 2.21. The van der Waals surface area contributed by atoms with Crippen molar-refractivity contribution >= 4 is 27.3 Å². The first-order valence-electron chi connectivity index (χ1n) is 9.30. The first-order chi connectivity index (χ1) is 12.9. The summed E-state index contributed by atoms with van der Waals surface area (Å²) in [6.45, 7) is 0.185. The van der Waals surface area contributed by atoms with Crippen LogP contribution in [0, 0.1) is 0 Å². The maximum Gasteiger partial charge on any atom is 0.261 e. The summed E-state index contributed by atoms with van der Waals surface area (Å²) in [4.78, 5) is 14.9. The van der Waals surface area contributed by atoms with Gasteiger partial charge >= 0.3 is 0 Å². The third-order valence-electron chi connectivity index (χ3n) is 4.89. The van der Waals surface area contributed by atoms with Gasteiger partial charge in [-0.2, -0.15) is 0 Å². The molecule has 0 bridgehead atoms. The van der Waals surface area contributed by atoms with Gasteiger partial charge in [0.2, 0.25) is 10.0 Å². The summed E-state index contributed by atoms with van der Waals surface area (Å²) in [6.07, 6.45) is 6.98. The quantitative estimate of drug-likeness (QED) is 0.825. The minimum absolute atomic E-state index is 0.135. The minimum atomic E-state index is -3.55. The van der Waals surface area contributed by atoms with E-state index < -0.39 is 10.0 Å². The van der Waals surface area contributed by atoms with Crippen LogP contribution in [0.25, 0.3) is 0 Å². The van der Waals surface area contributed by atoms with E-state index in [4.69, 9.17) is 0 Å². The third kappa shape index (κ3) is 4.59. The molecule has 0 saturated carbocycles. The summed E-state index contributed by atoms with van der Waals surface area (Å²) in [5.74, 6) is -0.135. The molecule has 1 heterocycles. The van der Waals surface area contributed by atoms with Crippen LogP contribution < -0.4 is 5.32 Å². The first-order valence-corrected chi connectivity index (χ1v) is 11.6. The van der Waals surface area contributed by atoms with Crippen molar-refractivity contribution in [2.45, 2.75) is 50.0 Å². The average molecular weight is 407 g/mol. The fraction of sp³-hybridized carbons (Fsp3) is 0.450. The topological polar surface area (TPSA) is 66.5 Å². The van der Waals surface area contributed by atoms with E-state index in [9.17, 15) is 13.2 Å². The molecule has 0 aliphatic heterocycles. The van der Waals surface area contributed by atoms with Crippen LogP contribution in [0.15, 0.2) is 35.2 Å². The Labute approximate surface area is 165 Å². The Hall–Kier alpha value is -1.70. The summed E-state index contributed by atoms with van der Waals surface area (Å²) in [5, 5.41) is 2.90. The number of thiophene rings is 1. The number of carbonyl (C=O) groups is 1. The summed E-state index contributed by atoms with van der Waals surface area (Å²) >= 11 is 1.58. The van der Waals surface area contributed by atoms with E-state index in [0.29, 0.717) is 5.56 Å². The van der Waals surface area contributed by atoms with Gasteiger partial charge < -0.3 is 5.32 Å². The number of benzene rings is 1. The zero-order chi connectivity index (χ0) is 19.4. The van der Waals surface area contributed by atoms with Gasteiger partial charge in [0.15, 0.2) is 0 Å². The molecule has 2 aromatic rings. The normalized spacial score (nSPS) is 15.1. The Balaban J connectivity index is 1.75. The van der Waals surface area contributed by atoms with Crippen LogP contribution in [0.1, 0.15) is 51.4 Å². The lowest BCUT2D eigenvalue weighted by Crippen LogP contribution is -2.26. The van der Waals surface area contributed by atoms with Gasteiger partial charge in [0.1, 0.15) is 0 Å². The van der Waals surface area contributed by atoms with E-state index in [-0.39, 0.29) is 17.3 Å². The maximum atomic E-state index is 12.6. The van der Waals surface area contributed by atoms with Crippen molar-refractivity contribution in [1.82, 2.24) is 9.62 Å². The van der Waals surface area contributed by atoms with E-state index in [1.54, 1.807) is 35.6 Å². The number of hydrogen-bond acceptors (Lipinski definition) is 4. The largest absolute Gasteiger partial charge is 0.347 e. The molecular weight excluding hydrogens is 380 g/mol. The molecule has 0 atom stereocenters. The highest BCUT2D eigenvalue weighted by molar-refractivity contribution is 7.89. The van der Waals surface area contributed by atoms with Crippen LogP contribution in [0.4, 0.5) is 0 Å². The Morgan fingerprint density at radius 2 is 1.81 bits per heavy atom. The molecule has 1 aromatic carbocycles. The molecule has 3 rings (SSSR count). The Morgan fingerprint density at radius 3 is 2.56 bits per heavy atom. The van der Waals surface area contributed by atoms with Crippen LogP contribution >= 0.6 is 11.3 Å². The van der Waals surface area contributed by atoms with Crippen LogP contribution in [0.5, 0.6) is 0 Å². The van der Waals surface area contributed by atoms with Crippen molar-refractivity contribution in [3.8, 4) is 0 Å². The first kappa shape index (κ1) is 20.0. The average Bonchev–Trinajstić information content (AvgIpc) is 3.02. The third-order valence-corrected chi connectivity index (χ3v) is 8.04. The number of aryl methyl sites for hydroxylation is 2. The molecule has 0 saturated heterocycles. The second kappa shape index (κ2) is 8.54. The van der Waals surface area contributed by atoms with Crippen LogP contribution in [-0.4, -0.2) is 32.7 Å². The molecule has 1 amide bonds. The van der Waals surface area contributed by atoms with Gasteiger partial charge in [-0.25, -0.2) is 12.7 Å². The fourth-order valence-corrected chi connectivity index (χ4v) is 5.60. The van der Waals surface area contributed by atoms with Gasteiger partial charge in [0, 0.05) is 25.5 Å². The van der Waals surface area contributed by atoms with E-state index in [0.717, 1.165) is 17.7 Å².